The van der Waals surface area contributed by atoms with Gasteiger partial charge in [0.25, 0.3) is 5.91 Å². The van der Waals surface area contributed by atoms with E-state index in [0.717, 1.165) is 29.5 Å². The maximum absolute atomic E-state index is 13.8. The summed E-state index contributed by atoms with van der Waals surface area (Å²) in [5.74, 6) is 0.867. The minimum Gasteiger partial charge on any atom is -0.493 e. The molecule has 0 spiro atoms. The number of amides is 3. The number of carbonyl (C=O) groups excluding carboxylic acids is 3. The summed E-state index contributed by atoms with van der Waals surface area (Å²) in [5, 5.41) is 3.02. The molecule has 226 valence electrons. The molecule has 2 aliphatic heterocycles. The molecule has 1 N–H and O–H groups in total. The van der Waals surface area contributed by atoms with Gasteiger partial charge in [-0.1, -0.05) is 30.7 Å². The van der Waals surface area contributed by atoms with E-state index in [1.165, 1.54) is 7.05 Å². The number of nitrogens with zero attached hydrogens (tertiary/aromatic N) is 2. The van der Waals surface area contributed by atoms with Crippen LogP contribution in [-0.2, 0) is 16.0 Å². The van der Waals surface area contributed by atoms with Gasteiger partial charge in [0, 0.05) is 36.3 Å². The molecule has 1 saturated heterocycles. The lowest BCUT2D eigenvalue weighted by Gasteiger charge is -2.38. The molecular weight excluding hydrogens is 570 g/mol. The number of halogens is 1. The van der Waals surface area contributed by atoms with Crippen molar-refractivity contribution in [3.05, 3.63) is 87.9 Å². The van der Waals surface area contributed by atoms with E-state index in [9.17, 15) is 14.4 Å². The van der Waals surface area contributed by atoms with E-state index in [2.05, 4.69) is 12.2 Å². The number of ether oxygens (including phenoxy) is 3. The average molecular weight is 606 g/mol. The standard InChI is InChI=1S/C33H36ClN3O6/c1-5-20(2)42-28-19-26-23(17-27(28)41-4)18-29(38)37(31(26)21-8-12-24(34)13-9-21)25-14-10-22(11-15-25)32(39)36-16-6-7-30(36)43-33(40)35-3/h8-15,17,19-20,30-31H,5-7,16,18H2,1-4H3,(H,35,40)/t20-,30+,31?/m1/s1. The fourth-order valence-electron chi connectivity index (χ4n) is 5.58. The molecule has 5 rings (SSSR count). The van der Waals surface area contributed by atoms with Gasteiger partial charge in [-0.3, -0.25) is 9.59 Å². The third-order valence-corrected chi connectivity index (χ3v) is 8.23. The molecule has 0 saturated carbocycles. The Balaban J connectivity index is 1.51. The molecule has 0 bridgehead atoms. The number of anilines is 1. The Morgan fingerprint density at radius 3 is 2.44 bits per heavy atom. The van der Waals surface area contributed by atoms with E-state index in [4.69, 9.17) is 25.8 Å². The highest BCUT2D eigenvalue weighted by atomic mass is 35.5. The van der Waals surface area contributed by atoms with Gasteiger partial charge < -0.3 is 29.3 Å². The second-order valence-corrected chi connectivity index (χ2v) is 11.2. The molecule has 10 heteroatoms. The summed E-state index contributed by atoms with van der Waals surface area (Å²) in [6.45, 7) is 4.55. The molecule has 3 aromatic carbocycles. The van der Waals surface area contributed by atoms with E-state index in [-0.39, 0.29) is 24.3 Å². The fraction of sp³-hybridized carbons (Fsp3) is 0.364. The highest BCUT2D eigenvalue weighted by molar-refractivity contribution is 6.30. The number of nitrogens with one attached hydrogen (secondary N) is 1. The van der Waals surface area contributed by atoms with Gasteiger partial charge in [-0.15, -0.1) is 0 Å². The van der Waals surface area contributed by atoms with E-state index < -0.39 is 18.4 Å². The number of rotatable bonds is 8. The van der Waals surface area contributed by atoms with Crippen molar-refractivity contribution < 1.29 is 28.6 Å². The predicted octanol–water partition coefficient (Wildman–Crippen LogP) is 6.12. The Labute approximate surface area is 256 Å². The first kappa shape index (κ1) is 30.2. The van der Waals surface area contributed by atoms with Crippen LogP contribution in [0.25, 0.3) is 0 Å². The quantitative estimate of drug-likeness (QED) is 0.332. The normalized spacial score (nSPS) is 18.6. The molecule has 0 aliphatic carbocycles. The lowest BCUT2D eigenvalue weighted by atomic mass is 9.86. The summed E-state index contributed by atoms with van der Waals surface area (Å²) < 4.78 is 17.2. The second kappa shape index (κ2) is 13.0. The van der Waals surface area contributed by atoms with Crippen LogP contribution in [0, 0.1) is 0 Å². The molecule has 2 aliphatic rings. The maximum Gasteiger partial charge on any atom is 0.408 e. The van der Waals surface area contributed by atoms with Crippen molar-refractivity contribution >= 4 is 35.2 Å². The molecule has 43 heavy (non-hydrogen) atoms. The number of hydrogen-bond donors (Lipinski definition) is 1. The van der Waals surface area contributed by atoms with Crippen molar-refractivity contribution in [3.8, 4) is 11.5 Å². The van der Waals surface area contributed by atoms with Gasteiger partial charge in [-0.2, -0.15) is 0 Å². The largest absolute Gasteiger partial charge is 0.493 e. The van der Waals surface area contributed by atoms with Crippen molar-refractivity contribution in [2.24, 2.45) is 0 Å². The number of carbonyl (C=O) groups is 3. The van der Waals surface area contributed by atoms with Crippen LogP contribution in [0.2, 0.25) is 5.02 Å². The van der Waals surface area contributed by atoms with Crippen molar-refractivity contribution in [1.82, 2.24) is 10.2 Å². The highest BCUT2D eigenvalue weighted by Crippen LogP contribution is 2.44. The Hall–Kier alpha value is -4.24. The Bertz CT molecular complexity index is 1490. The zero-order chi connectivity index (χ0) is 30.7. The van der Waals surface area contributed by atoms with Gasteiger partial charge in [0.2, 0.25) is 5.91 Å². The maximum atomic E-state index is 13.8. The van der Waals surface area contributed by atoms with E-state index >= 15 is 0 Å². The topological polar surface area (TPSA) is 97.4 Å². The van der Waals surface area contributed by atoms with Crippen molar-refractivity contribution in [2.45, 2.75) is 57.9 Å². The van der Waals surface area contributed by atoms with Crippen LogP contribution in [-0.4, -0.2) is 55.8 Å². The molecular formula is C33H36ClN3O6. The number of likely N-dealkylation sites (tertiary alicyclic amines) is 1. The van der Waals surface area contributed by atoms with Crippen LogP contribution in [0.3, 0.4) is 0 Å². The minimum absolute atomic E-state index is 0.0238. The summed E-state index contributed by atoms with van der Waals surface area (Å²) in [6.07, 6.45) is 1.10. The molecule has 3 amide bonds. The average Bonchev–Trinajstić information content (AvgIpc) is 3.48. The molecule has 0 aromatic heterocycles. The zero-order valence-electron chi connectivity index (χ0n) is 24.8. The summed E-state index contributed by atoms with van der Waals surface area (Å²) in [5.41, 5.74) is 3.75. The molecule has 1 fully saturated rings. The Morgan fingerprint density at radius 1 is 1.07 bits per heavy atom. The molecule has 0 radical (unpaired) electrons. The van der Waals surface area contributed by atoms with Crippen LogP contribution in [0.5, 0.6) is 11.5 Å². The van der Waals surface area contributed by atoms with Crippen LogP contribution >= 0.6 is 11.6 Å². The SMILES string of the molecule is CC[C@@H](C)Oc1cc2c(cc1OC)CC(=O)N(c1ccc(C(=O)N3CCC[C@@H]3OC(=O)NC)cc1)C2c1ccc(Cl)cc1. The lowest BCUT2D eigenvalue weighted by molar-refractivity contribution is -0.118. The molecule has 9 nitrogen and oxygen atoms in total. The molecule has 3 atom stereocenters. The van der Waals surface area contributed by atoms with Crippen LogP contribution in [0.1, 0.15) is 66.2 Å². The second-order valence-electron chi connectivity index (χ2n) is 10.7. The number of methoxy groups -OCH3 is 1. The van der Waals surface area contributed by atoms with Gasteiger partial charge in [-0.05, 0) is 85.0 Å². The van der Waals surface area contributed by atoms with E-state index in [1.807, 2.05) is 43.3 Å². The number of benzene rings is 3. The first-order valence-electron chi connectivity index (χ1n) is 14.5. The molecule has 1 unspecified atom stereocenters. The van der Waals surface area contributed by atoms with Gasteiger partial charge in [-0.25, -0.2) is 4.79 Å². The lowest BCUT2D eigenvalue weighted by Crippen LogP contribution is -2.41. The molecule has 3 aromatic rings. The number of alkyl carbamates (subject to hydrolysis) is 1. The van der Waals surface area contributed by atoms with Crippen LogP contribution in [0.4, 0.5) is 10.5 Å². The van der Waals surface area contributed by atoms with Crippen LogP contribution < -0.4 is 19.7 Å². The van der Waals surface area contributed by atoms with Gasteiger partial charge in [0.15, 0.2) is 17.7 Å². The predicted molar refractivity (Wildman–Crippen MR) is 164 cm³/mol. The highest BCUT2D eigenvalue weighted by Gasteiger charge is 2.37. The number of fused-ring (bicyclic) bond motifs is 1. The summed E-state index contributed by atoms with van der Waals surface area (Å²) in [6, 6.07) is 17.8. The first-order chi connectivity index (χ1) is 20.7. The molecule has 2 heterocycles. The monoisotopic (exact) mass is 605 g/mol. The third-order valence-electron chi connectivity index (χ3n) is 7.98. The van der Waals surface area contributed by atoms with Gasteiger partial charge in [0.1, 0.15) is 0 Å². The summed E-state index contributed by atoms with van der Waals surface area (Å²) in [7, 11) is 3.08. The third kappa shape index (κ3) is 6.27. The van der Waals surface area contributed by atoms with Gasteiger partial charge >= 0.3 is 6.09 Å². The Morgan fingerprint density at radius 2 is 1.79 bits per heavy atom. The van der Waals surface area contributed by atoms with E-state index in [1.54, 1.807) is 41.2 Å². The van der Waals surface area contributed by atoms with Crippen molar-refractivity contribution in [1.29, 1.82) is 0 Å². The fourth-order valence-corrected chi connectivity index (χ4v) is 5.70. The van der Waals surface area contributed by atoms with E-state index in [0.29, 0.717) is 40.7 Å². The zero-order valence-corrected chi connectivity index (χ0v) is 25.5. The number of hydrogen-bond acceptors (Lipinski definition) is 6. The summed E-state index contributed by atoms with van der Waals surface area (Å²) in [4.78, 5) is 42.3. The van der Waals surface area contributed by atoms with Crippen LogP contribution in [0.15, 0.2) is 60.7 Å². The van der Waals surface area contributed by atoms with Crippen molar-refractivity contribution in [3.63, 3.8) is 0 Å². The first-order valence-corrected chi connectivity index (χ1v) is 14.9. The van der Waals surface area contributed by atoms with Crippen molar-refractivity contribution in [2.75, 3.05) is 25.6 Å². The summed E-state index contributed by atoms with van der Waals surface area (Å²) >= 11 is 6.23. The Kier molecular flexibility index (Phi) is 9.11. The minimum atomic E-state index is -0.620. The smallest absolute Gasteiger partial charge is 0.408 e. The van der Waals surface area contributed by atoms with Gasteiger partial charge in [0.05, 0.1) is 25.7 Å².